The fourth-order valence-electron chi connectivity index (χ4n) is 4.36. The van der Waals surface area contributed by atoms with Crippen LogP contribution in [-0.2, 0) is 9.59 Å². The molecule has 0 bridgehead atoms. The number of nitrogens with one attached hydrogen (secondary N) is 4. The number of likely N-dealkylation sites (tertiary alicyclic amines) is 1. The second kappa shape index (κ2) is 7.15. The van der Waals surface area contributed by atoms with Crippen molar-refractivity contribution >= 4 is 23.4 Å². The molecule has 0 radical (unpaired) electrons. The number of halogens is 1. The molecule has 3 fully saturated rings. The second-order valence-electron chi connectivity index (χ2n) is 7.35. The van der Waals surface area contributed by atoms with Gasteiger partial charge in [-0.25, -0.2) is 5.43 Å². The summed E-state index contributed by atoms with van der Waals surface area (Å²) in [6.45, 7) is 1.78. The summed E-state index contributed by atoms with van der Waals surface area (Å²) in [6.07, 6.45) is 1.31. The molecule has 2 amide bonds. The highest BCUT2D eigenvalue weighted by molar-refractivity contribution is 6.30. The van der Waals surface area contributed by atoms with Crippen molar-refractivity contribution in [3.05, 3.63) is 34.9 Å². The molecule has 5 unspecified atom stereocenters. The average Bonchev–Trinajstić information content (AvgIpc) is 3.18. The number of hydrogen-bond acceptors (Lipinski definition) is 5. The molecule has 1 aromatic rings. The number of likely N-dealkylation sites (N-methyl/N-ethyl adjacent to an activating group) is 1. The molecule has 3 heterocycles. The van der Waals surface area contributed by atoms with E-state index in [1.165, 1.54) is 0 Å². The Hall–Kier alpha value is -1.67. The van der Waals surface area contributed by atoms with E-state index in [0.717, 1.165) is 25.1 Å². The number of benzene rings is 1. The van der Waals surface area contributed by atoms with Crippen molar-refractivity contribution in [3.63, 3.8) is 0 Å². The maximum Gasteiger partial charge on any atom is 0.239 e. The topological polar surface area (TPSA) is 85.5 Å². The van der Waals surface area contributed by atoms with E-state index in [1.807, 2.05) is 24.3 Å². The SMILES string of the molecule is CN1C(=O)CC(NC(=O)C2NNC3CCNCC32)C1c1ccc(Cl)cc1. The summed E-state index contributed by atoms with van der Waals surface area (Å²) in [6, 6.07) is 7.04. The van der Waals surface area contributed by atoms with Crippen LogP contribution < -0.4 is 21.5 Å². The van der Waals surface area contributed by atoms with Crippen LogP contribution in [0.15, 0.2) is 24.3 Å². The quantitative estimate of drug-likeness (QED) is 0.604. The van der Waals surface area contributed by atoms with Gasteiger partial charge in [-0.3, -0.25) is 15.0 Å². The molecular weight excluding hydrogens is 354 g/mol. The highest BCUT2D eigenvalue weighted by Crippen LogP contribution is 2.33. The van der Waals surface area contributed by atoms with E-state index in [9.17, 15) is 9.59 Å². The third-order valence-corrected chi connectivity index (χ3v) is 6.04. The molecule has 0 saturated carbocycles. The lowest BCUT2D eigenvalue weighted by Crippen LogP contribution is -2.52. The Bertz CT molecular complexity index is 697. The van der Waals surface area contributed by atoms with Crippen LogP contribution in [-0.4, -0.2) is 55.0 Å². The predicted molar refractivity (Wildman–Crippen MR) is 98.3 cm³/mol. The van der Waals surface area contributed by atoms with Gasteiger partial charge < -0.3 is 15.5 Å². The molecule has 5 atom stereocenters. The summed E-state index contributed by atoms with van der Waals surface area (Å²) in [5.41, 5.74) is 7.35. The molecule has 0 aromatic heterocycles. The summed E-state index contributed by atoms with van der Waals surface area (Å²) in [4.78, 5) is 26.9. The van der Waals surface area contributed by atoms with Gasteiger partial charge >= 0.3 is 0 Å². The molecular formula is C18H24ClN5O2. The van der Waals surface area contributed by atoms with Gasteiger partial charge in [0.15, 0.2) is 0 Å². The molecule has 0 spiro atoms. The lowest BCUT2D eigenvalue weighted by atomic mass is 9.88. The van der Waals surface area contributed by atoms with Crippen LogP contribution in [0, 0.1) is 5.92 Å². The van der Waals surface area contributed by atoms with E-state index in [-0.39, 0.29) is 35.9 Å². The Morgan fingerprint density at radius 2 is 2.04 bits per heavy atom. The highest BCUT2D eigenvalue weighted by Gasteiger charge is 2.44. The first-order chi connectivity index (χ1) is 12.5. The van der Waals surface area contributed by atoms with Gasteiger partial charge in [0.1, 0.15) is 6.04 Å². The zero-order valence-electron chi connectivity index (χ0n) is 14.7. The molecule has 4 rings (SSSR count). The first kappa shape index (κ1) is 17.7. The number of rotatable bonds is 3. The highest BCUT2D eigenvalue weighted by atomic mass is 35.5. The fraction of sp³-hybridized carbons (Fsp3) is 0.556. The molecule has 3 aliphatic rings. The summed E-state index contributed by atoms with van der Waals surface area (Å²) in [7, 11) is 1.78. The van der Waals surface area contributed by atoms with Crippen LogP contribution in [0.2, 0.25) is 5.02 Å². The van der Waals surface area contributed by atoms with Crippen molar-refractivity contribution in [1.29, 1.82) is 0 Å². The Morgan fingerprint density at radius 3 is 2.81 bits per heavy atom. The van der Waals surface area contributed by atoms with Crippen molar-refractivity contribution in [2.75, 3.05) is 20.1 Å². The Balaban J connectivity index is 1.49. The summed E-state index contributed by atoms with van der Waals surface area (Å²) >= 11 is 5.98. The van der Waals surface area contributed by atoms with Crippen LogP contribution in [0.1, 0.15) is 24.4 Å². The van der Waals surface area contributed by atoms with Gasteiger partial charge in [-0.15, -0.1) is 0 Å². The van der Waals surface area contributed by atoms with E-state index in [4.69, 9.17) is 11.6 Å². The Kier molecular flexibility index (Phi) is 4.88. The first-order valence-electron chi connectivity index (χ1n) is 9.08. The number of hydrazine groups is 1. The zero-order chi connectivity index (χ0) is 18.3. The molecule has 1 aromatic carbocycles. The average molecular weight is 378 g/mol. The van der Waals surface area contributed by atoms with Gasteiger partial charge in [-0.05, 0) is 30.7 Å². The minimum atomic E-state index is -0.292. The minimum absolute atomic E-state index is 0.0324. The third-order valence-electron chi connectivity index (χ3n) is 5.79. The predicted octanol–water partition coefficient (Wildman–Crippen LogP) is 0.183. The number of piperidine rings is 1. The molecule has 0 aliphatic carbocycles. The van der Waals surface area contributed by atoms with Gasteiger partial charge in [0, 0.05) is 37.0 Å². The first-order valence-corrected chi connectivity index (χ1v) is 9.45. The Labute approximate surface area is 157 Å². The van der Waals surface area contributed by atoms with Crippen LogP contribution in [0.3, 0.4) is 0 Å². The van der Waals surface area contributed by atoms with Crippen molar-refractivity contribution in [1.82, 2.24) is 26.4 Å². The largest absolute Gasteiger partial charge is 0.349 e. The molecule has 26 heavy (non-hydrogen) atoms. The molecule has 7 nitrogen and oxygen atoms in total. The molecule has 3 aliphatic heterocycles. The van der Waals surface area contributed by atoms with Crippen LogP contribution in [0.25, 0.3) is 0 Å². The summed E-state index contributed by atoms with van der Waals surface area (Å²) in [5.74, 6) is 0.193. The zero-order valence-corrected chi connectivity index (χ0v) is 15.4. The van der Waals surface area contributed by atoms with E-state index in [1.54, 1.807) is 11.9 Å². The molecule has 3 saturated heterocycles. The molecule has 140 valence electrons. The van der Waals surface area contributed by atoms with Crippen LogP contribution >= 0.6 is 11.6 Å². The smallest absolute Gasteiger partial charge is 0.239 e. The maximum absolute atomic E-state index is 12.9. The number of carbonyl (C=O) groups is 2. The number of hydrogen-bond donors (Lipinski definition) is 4. The van der Waals surface area contributed by atoms with Crippen molar-refractivity contribution in [2.45, 2.75) is 37.0 Å². The monoisotopic (exact) mass is 377 g/mol. The van der Waals surface area contributed by atoms with Gasteiger partial charge in [-0.1, -0.05) is 23.7 Å². The number of fused-ring (bicyclic) bond motifs is 1. The Morgan fingerprint density at radius 1 is 1.27 bits per heavy atom. The van der Waals surface area contributed by atoms with Gasteiger partial charge in [0.05, 0.1) is 12.1 Å². The standard InChI is InChI=1S/C18H24ClN5O2/c1-24-15(25)8-14(17(24)10-2-4-11(19)5-3-10)21-18(26)16-12-9-20-7-6-13(12)22-23-16/h2-5,12-14,16-17,20,22-23H,6-9H2,1H3,(H,21,26). The van der Waals surface area contributed by atoms with E-state index < -0.39 is 0 Å². The lowest BCUT2D eigenvalue weighted by molar-refractivity contribution is -0.127. The minimum Gasteiger partial charge on any atom is -0.349 e. The number of nitrogens with zero attached hydrogens (tertiary/aromatic N) is 1. The van der Waals surface area contributed by atoms with Crippen molar-refractivity contribution in [3.8, 4) is 0 Å². The molecule has 4 N–H and O–H groups in total. The van der Waals surface area contributed by atoms with Gasteiger partial charge in [0.25, 0.3) is 0 Å². The lowest BCUT2D eigenvalue weighted by Gasteiger charge is -2.30. The third kappa shape index (κ3) is 3.20. The van der Waals surface area contributed by atoms with E-state index in [0.29, 0.717) is 17.5 Å². The maximum atomic E-state index is 12.9. The van der Waals surface area contributed by atoms with Crippen molar-refractivity contribution in [2.24, 2.45) is 5.92 Å². The van der Waals surface area contributed by atoms with Gasteiger partial charge in [-0.2, -0.15) is 0 Å². The van der Waals surface area contributed by atoms with E-state index in [2.05, 4.69) is 21.5 Å². The number of carbonyl (C=O) groups excluding carboxylic acids is 2. The second-order valence-corrected chi connectivity index (χ2v) is 7.79. The summed E-state index contributed by atoms with van der Waals surface area (Å²) in [5, 5.41) is 7.12. The van der Waals surface area contributed by atoms with Crippen molar-refractivity contribution < 1.29 is 9.59 Å². The molecule has 8 heteroatoms. The van der Waals surface area contributed by atoms with Gasteiger partial charge in [0.2, 0.25) is 11.8 Å². The summed E-state index contributed by atoms with van der Waals surface area (Å²) < 4.78 is 0. The van der Waals surface area contributed by atoms with Crippen LogP contribution in [0.4, 0.5) is 0 Å². The normalized spacial score (nSPS) is 34.0. The van der Waals surface area contributed by atoms with E-state index >= 15 is 0 Å². The number of amides is 2. The van der Waals surface area contributed by atoms with Crippen LogP contribution in [0.5, 0.6) is 0 Å². The fourth-order valence-corrected chi connectivity index (χ4v) is 4.49.